The van der Waals surface area contributed by atoms with E-state index in [4.69, 9.17) is 5.10 Å². The monoisotopic (exact) mass is 417 g/mol. The highest BCUT2D eigenvalue weighted by atomic mass is 79.9. The SMILES string of the molecule is Fc1cccc2c1ncc1c(-c3cccc(Br)c3)nn(-c3ccccc3)c12. The number of aromatic nitrogens is 3. The van der Waals surface area contributed by atoms with Gasteiger partial charge in [-0.1, -0.05) is 58.4 Å². The summed E-state index contributed by atoms with van der Waals surface area (Å²) in [7, 11) is 0. The van der Waals surface area contributed by atoms with Crippen LogP contribution in [-0.4, -0.2) is 14.8 Å². The third kappa shape index (κ3) is 2.62. The van der Waals surface area contributed by atoms with Crippen molar-refractivity contribution in [3.8, 4) is 16.9 Å². The van der Waals surface area contributed by atoms with Crippen molar-refractivity contribution >= 4 is 37.7 Å². The first-order valence-electron chi connectivity index (χ1n) is 8.50. The maximum absolute atomic E-state index is 14.3. The van der Waals surface area contributed by atoms with Crippen molar-refractivity contribution in [1.82, 2.24) is 14.8 Å². The van der Waals surface area contributed by atoms with Crippen LogP contribution in [-0.2, 0) is 0 Å². The molecule has 5 heteroatoms. The molecule has 0 aliphatic heterocycles. The average molecular weight is 418 g/mol. The highest BCUT2D eigenvalue weighted by molar-refractivity contribution is 9.10. The van der Waals surface area contributed by atoms with Crippen LogP contribution in [0.3, 0.4) is 0 Å². The summed E-state index contributed by atoms with van der Waals surface area (Å²) in [6, 6.07) is 22.9. The zero-order valence-corrected chi connectivity index (χ0v) is 15.7. The summed E-state index contributed by atoms with van der Waals surface area (Å²) in [5.74, 6) is -0.334. The van der Waals surface area contributed by atoms with Gasteiger partial charge in [0.25, 0.3) is 0 Å². The van der Waals surface area contributed by atoms with E-state index in [9.17, 15) is 4.39 Å². The Labute approximate surface area is 163 Å². The van der Waals surface area contributed by atoms with E-state index in [1.54, 1.807) is 12.3 Å². The first-order valence-corrected chi connectivity index (χ1v) is 9.29. The number of hydrogen-bond donors (Lipinski definition) is 0. The Bertz CT molecular complexity index is 1300. The maximum atomic E-state index is 14.3. The molecule has 5 aromatic rings. The molecular weight excluding hydrogens is 405 g/mol. The van der Waals surface area contributed by atoms with Crippen LogP contribution < -0.4 is 0 Å². The van der Waals surface area contributed by atoms with Gasteiger partial charge in [0, 0.05) is 27.0 Å². The fourth-order valence-corrected chi connectivity index (χ4v) is 3.78. The molecule has 3 nitrogen and oxygen atoms in total. The van der Waals surface area contributed by atoms with Gasteiger partial charge in [-0.2, -0.15) is 5.10 Å². The predicted molar refractivity (Wildman–Crippen MR) is 109 cm³/mol. The summed E-state index contributed by atoms with van der Waals surface area (Å²) < 4.78 is 17.2. The Kier molecular flexibility index (Phi) is 3.76. The summed E-state index contributed by atoms with van der Waals surface area (Å²) >= 11 is 3.52. The number of halogens is 2. The number of benzene rings is 3. The lowest BCUT2D eigenvalue weighted by molar-refractivity contribution is 0.637. The molecule has 0 aliphatic carbocycles. The second kappa shape index (κ2) is 6.28. The van der Waals surface area contributed by atoms with E-state index in [1.807, 2.05) is 65.3 Å². The molecule has 0 N–H and O–H groups in total. The van der Waals surface area contributed by atoms with Gasteiger partial charge in [-0.05, 0) is 30.3 Å². The normalized spacial score (nSPS) is 11.3. The molecule has 130 valence electrons. The first-order chi connectivity index (χ1) is 13.2. The highest BCUT2D eigenvalue weighted by Crippen LogP contribution is 2.34. The number of pyridine rings is 1. The summed E-state index contributed by atoms with van der Waals surface area (Å²) in [6.45, 7) is 0. The lowest BCUT2D eigenvalue weighted by Gasteiger charge is -2.06. The highest BCUT2D eigenvalue weighted by Gasteiger charge is 2.18. The van der Waals surface area contributed by atoms with E-state index in [-0.39, 0.29) is 5.82 Å². The summed E-state index contributed by atoms with van der Waals surface area (Å²) in [5, 5.41) is 6.51. The molecule has 3 aromatic carbocycles. The summed E-state index contributed by atoms with van der Waals surface area (Å²) in [5.41, 5.74) is 3.90. The number of para-hydroxylation sites is 2. The van der Waals surface area contributed by atoms with Crippen molar-refractivity contribution in [1.29, 1.82) is 0 Å². The number of nitrogens with zero attached hydrogens (tertiary/aromatic N) is 3. The molecule has 0 saturated heterocycles. The molecule has 0 saturated carbocycles. The average Bonchev–Trinajstić information content (AvgIpc) is 3.09. The van der Waals surface area contributed by atoms with Crippen molar-refractivity contribution < 1.29 is 4.39 Å². The number of hydrogen-bond acceptors (Lipinski definition) is 2. The molecule has 27 heavy (non-hydrogen) atoms. The number of fused-ring (bicyclic) bond motifs is 3. The van der Waals surface area contributed by atoms with E-state index >= 15 is 0 Å². The Balaban J connectivity index is 1.94. The molecular formula is C22H13BrFN3. The topological polar surface area (TPSA) is 30.7 Å². The molecule has 5 rings (SSSR count). The Morgan fingerprint density at radius 3 is 2.48 bits per heavy atom. The van der Waals surface area contributed by atoms with Gasteiger partial charge in [-0.3, -0.25) is 4.98 Å². The third-order valence-electron chi connectivity index (χ3n) is 4.59. The Morgan fingerprint density at radius 2 is 1.67 bits per heavy atom. The molecule has 0 radical (unpaired) electrons. The van der Waals surface area contributed by atoms with Crippen LogP contribution in [0.2, 0.25) is 0 Å². The van der Waals surface area contributed by atoms with Gasteiger partial charge in [0.15, 0.2) is 0 Å². The molecule has 0 bridgehead atoms. The van der Waals surface area contributed by atoms with Gasteiger partial charge >= 0.3 is 0 Å². The van der Waals surface area contributed by atoms with Crippen LogP contribution in [0.15, 0.2) is 83.5 Å². The quantitative estimate of drug-likeness (QED) is 0.345. The molecule has 0 spiro atoms. The van der Waals surface area contributed by atoms with Crippen LogP contribution in [0.25, 0.3) is 38.8 Å². The Hall–Kier alpha value is -3.05. The third-order valence-corrected chi connectivity index (χ3v) is 5.08. The van der Waals surface area contributed by atoms with Gasteiger partial charge < -0.3 is 0 Å². The smallest absolute Gasteiger partial charge is 0.149 e. The maximum Gasteiger partial charge on any atom is 0.149 e. The van der Waals surface area contributed by atoms with Gasteiger partial charge in [-0.25, -0.2) is 9.07 Å². The van der Waals surface area contributed by atoms with Crippen LogP contribution in [0.4, 0.5) is 4.39 Å². The van der Waals surface area contributed by atoms with Crippen molar-refractivity contribution in [3.05, 3.63) is 89.3 Å². The zero-order chi connectivity index (χ0) is 18.4. The molecule has 0 fully saturated rings. The van der Waals surface area contributed by atoms with Crippen molar-refractivity contribution in [3.63, 3.8) is 0 Å². The van der Waals surface area contributed by atoms with Crippen LogP contribution in [0.1, 0.15) is 0 Å². The molecule has 0 aliphatic rings. The lowest BCUT2D eigenvalue weighted by atomic mass is 10.1. The summed E-state index contributed by atoms with van der Waals surface area (Å²) in [6.07, 6.45) is 1.71. The second-order valence-electron chi connectivity index (χ2n) is 6.26. The van der Waals surface area contributed by atoms with E-state index < -0.39 is 0 Å². The van der Waals surface area contributed by atoms with E-state index in [1.165, 1.54) is 6.07 Å². The fraction of sp³-hybridized carbons (Fsp3) is 0. The molecule has 2 heterocycles. The predicted octanol–water partition coefficient (Wildman–Crippen LogP) is 6.14. The van der Waals surface area contributed by atoms with Crippen LogP contribution in [0, 0.1) is 5.82 Å². The van der Waals surface area contributed by atoms with E-state index in [0.717, 1.165) is 37.7 Å². The molecule has 0 unspecified atom stereocenters. The fourth-order valence-electron chi connectivity index (χ4n) is 3.38. The van der Waals surface area contributed by atoms with Gasteiger partial charge in [0.05, 0.1) is 11.2 Å². The van der Waals surface area contributed by atoms with Crippen molar-refractivity contribution in [2.45, 2.75) is 0 Å². The van der Waals surface area contributed by atoms with Crippen LogP contribution >= 0.6 is 15.9 Å². The van der Waals surface area contributed by atoms with Crippen LogP contribution in [0.5, 0.6) is 0 Å². The first kappa shape index (κ1) is 16.1. The minimum absolute atomic E-state index is 0.334. The summed E-state index contributed by atoms with van der Waals surface area (Å²) in [4.78, 5) is 4.38. The molecule has 0 atom stereocenters. The second-order valence-corrected chi connectivity index (χ2v) is 7.18. The lowest BCUT2D eigenvalue weighted by Crippen LogP contribution is -1.97. The largest absolute Gasteiger partial charge is 0.252 e. The van der Waals surface area contributed by atoms with Gasteiger partial charge in [0.1, 0.15) is 17.0 Å². The van der Waals surface area contributed by atoms with Crippen molar-refractivity contribution in [2.24, 2.45) is 0 Å². The molecule has 0 amide bonds. The Morgan fingerprint density at radius 1 is 0.852 bits per heavy atom. The number of rotatable bonds is 2. The van der Waals surface area contributed by atoms with E-state index in [0.29, 0.717) is 5.52 Å². The standard InChI is InChI=1S/C22H13BrFN3/c23-15-7-4-6-14(12-15)20-18-13-25-21-17(10-5-11-19(21)24)22(18)27(26-20)16-8-2-1-3-9-16/h1-13H. The van der Waals surface area contributed by atoms with Gasteiger partial charge in [-0.15, -0.1) is 0 Å². The van der Waals surface area contributed by atoms with Gasteiger partial charge in [0.2, 0.25) is 0 Å². The van der Waals surface area contributed by atoms with E-state index in [2.05, 4.69) is 20.9 Å². The minimum atomic E-state index is -0.334. The van der Waals surface area contributed by atoms with Crippen molar-refractivity contribution in [2.75, 3.05) is 0 Å². The zero-order valence-electron chi connectivity index (χ0n) is 14.1. The molecule has 2 aromatic heterocycles. The minimum Gasteiger partial charge on any atom is -0.252 e.